The summed E-state index contributed by atoms with van der Waals surface area (Å²) in [7, 11) is 0. The van der Waals surface area contributed by atoms with Crippen LogP contribution < -0.4 is 4.74 Å². The average Bonchev–Trinajstić information content (AvgIpc) is 2.56. The van der Waals surface area contributed by atoms with Crippen LogP contribution in [0.25, 0.3) is 0 Å². The number of rotatable bonds is 5. The lowest BCUT2D eigenvalue weighted by Gasteiger charge is -2.27. The van der Waals surface area contributed by atoms with E-state index in [1.54, 1.807) is 31.2 Å². The quantitative estimate of drug-likeness (QED) is 0.595. The molecule has 0 aliphatic heterocycles. The van der Waals surface area contributed by atoms with E-state index in [9.17, 15) is 13.6 Å². The van der Waals surface area contributed by atoms with Gasteiger partial charge in [-0.2, -0.15) is 0 Å². The Morgan fingerprint density at radius 2 is 1.88 bits per heavy atom. The van der Waals surface area contributed by atoms with Crippen molar-refractivity contribution in [2.75, 3.05) is 0 Å². The lowest BCUT2D eigenvalue weighted by atomic mass is 9.91. The number of hydrogen-bond acceptors (Lipinski definition) is 3. The maximum atomic E-state index is 13.6. The first-order chi connectivity index (χ1) is 11.4. The van der Waals surface area contributed by atoms with Gasteiger partial charge in [-0.05, 0) is 24.3 Å². The molecule has 0 spiro atoms. The molecule has 0 aliphatic rings. The molecular formula is C19H16F2O3. The number of hydrogen-bond donors (Lipinski definition) is 0. The van der Waals surface area contributed by atoms with Crippen molar-refractivity contribution in [3.63, 3.8) is 0 Å². The van der Waals surface area contributed by atoms with Gasteiger partial charge < -0.3 is 9.47 Å². The van der Waals surface area contributed by atoms with Gasteiger partial charge in [0.05, 0.1) is 0 Å². The topological polar surface area (TPSA) is 35.5 Å². The summed E-state index contributed by atoms with van der Waals surface area (Å²) in [6.45, 7) is 3.09. The SMILES string of the molecule is C#CC(CC)(OC(C)=O)c1ccc(Oc2ccc(F)cc2F)cc1. The fraction of sp³-hybridized carbons (Fsp3) is 0.211. The number of carbonyl (C=O) groups is 1. The first-order valence-electron chi connectivity index (χ1n) is 7.31. The summed E-state index contributed by atoms with van der Waals surface area (Å²) in [4.78, 5) is 11.3. The van der Waals surface area contributed by atoms with Crippen molar-refractivity contribution in [2.24, 2.45) is 0 Å². The summed E-state index contributed by atoms with van der Waals surface area (Å²) in [6.07, 6.45) is 5.95. The number of carbonyl (C=O) groups excluding carboxylic acids is 1. The Bertz CT molecular complexity index is 778. The molecule has 5 heteroatoms. The fourth-order valence-corrected chi connectivity index (χ4v) is 2.27. The predicted octanol–water partition coefficient (Wildman–Crippen LogP) is 4.56. The Kier molecular flexibility index (Phi) is 5.20. The smallest absolute Gasteiger partial charge is 0.304 e. The van der Waals surface area contributed by atoms with E-state index in [0.29, 0.717) is 17.7 Å². The zero-order valence-electron chi connectivity index (χ0n) is 13.3. The van der Waals surface area contributed by atoms with Crippen molar-refractivity contribution in [3.8, 4) is 23.8 Å². The third-order valence-electron chi connectivity index (χ3n) is 3.49. The van der Waals surface area contributed by atoms with E-state index >= 15 is 0 Å². The second-order valence-corrected chi connectivity index (χ2v) is 5.12. The predicted molar refractivity (Wildman–Crippen MR) is 85.4 cm³/mol. The van der Waals surface area contributed by atoms with Gasteiger partial charge in [-0.1, -0.05) is 25.0 Å². The molecule has 124 valence electrons. The Morgan fingerprint density at radius 1 is 1.21 bits per heavy atom. The van der Waals surface area contributed by atoms with Gasteiger partial charge in [-0.15, -0.1) is 6.42 Å². The van der Waals surface area contributed by atoms with E-state index in [1.165, 1.54) is 13.0 Å². The number of terminal acetylenes is 1. The van der Waals surface area contributed by atoms with Crippen LogP contribution in [0.2, 0.25) is 0 Å². The summed E-state index contributed by atoms with van der Waals surface area (Å²) >= 11 is 0. The third-order valence-corrected chi connectivity index (χ3v) is 3.49. The lowest BCUT2D eigenvalue weighted by molar-refractivity contribution is -0.152. The van der Waals surface area contributed by atoms with Crippen molar-refractivity contribution in [2.45, 2.75) is 25.9 Å². The Hall–Kier alpha value is -2.87. The highest BCUT2D eigenvalue weighted by Crippen LogP contribution is 2.32. The van der Waals surface area contributed by atoms with Crippen molar-refractivity contribution in [1.29, 1.82) is 0 Å². The monoisotopic (exact) mass is 330 g/mol. The van der Waals surface area contributed by atoms with E-state index in [0.717, 1.165) is 12.1 Å². The van der Waals surface area contributed by atoms with Gasteiger partial charge in [0.1, 0.15) is 11.6 Å². The minimum Gasteiger partial charge on any atom is -0.454 e. The fourth-order valence-electron chi connectivity index (χ4n) is 2.27. The van der Waals surface area contributed by atoms with E-state index in [4.69, 9.17) is 15.9 Å². The van der Waals surface area contributed by atoms with Crippen LogP contribution in [0.1, 0.15) is 25.8 Å². The van der Waals surface area contributed by atoms with Gasteiger partial charge >= 0.3 is 5.97 Å². The van der Waals surface area contributed by atoms with Gasteiger partial charge in [-0.3, -0.25) is 4.79 Å². The van der Waals surface area contributed by atoms with Gasteiger partial charge in [0, 0.05) is 25.0 Å². The van der Waals surface area contributed by atoms with Gasteiger partial charge in [-0.25, -0.2) is 8.78 Å². The summed E-state index contributed by atoms with van der Waals surface area (Å²) in [5.41, 5.74) is -0.555. The molecule has 0 bridgehead atoms. The average molecular weight is 330 g/mol. The van der Waals surface area contributed by atoms with Crippen molar-refractivity contribution in [1.82, 2.24) is 0 Å². The van der Waals surface area contributed by atoms with E-state index < -0.39 is 23.2 Å². The zero-order valence-corrected chi connectivity index (χ0v) is 13.3. The normalized spacial score (nSPS) is 12.8. The van der Waals surface area contributed by atoms with Crippen LogP contribution in [-0.2, 0) is 15.1 Å². The van der Waals surface area contributed by atoms with Gasteiger partial charge in [0.15, 0.2) is 17.2 Å². The molecule has 0 fully saturated rings. The van der Waals surface area contributed by atoms with Crippen LogP contribution in [0.3, 0.4) is 0 Å². The molecule has 3 nitrogen and oxygen atoms in total. The molecule has 0 heterocycles. The lowest BCUT2D eigenvalue weighted by Crippen LogP contribution is -2.29. The molecule has 1 unspecified atom stereocenters. The Balaban J connectivity index is 2.26. The molecular weight excluding hydrogens is 314 g/mol. The molecule has 0 saturated heterocycles. The van der Waals surface area contributed by atoms with Gasteiger partial charge in [0.2, 0.25) is 0 Å². The standard InChI is InChI=1S/C19H16F2O3/c1-4-19(5-2,24-13(3)22)14-6-9-16(10-7-14)23-18-11-8-15(20)12-17(18)21/h1,6-12H,5H2,2-3H3. The maximum Gasteiger partial charge on any atom is 0.304 e. The highest BCUT2D eigenvalue weighted by Gasteiger charge is 2.31. The van der Waals surface area contributed by atoms with E-state index in [2.05, 4.69) is 5.92 Å². The molecule has 2 aromatic rings. The number of esters is 1. The first kappa shape index (κ1) is 17.5. The highest BCUT2D eigenvalue weighted by atomic mass is 19.1. The molecule has 24 heavy (non-hydrogen) atoms. The molecule has 2 aromatic carbocycles. The Morgan fingerprint density at radius 3 is 2.38 bits per heavy atom. The van der Waals surface area contributed by atoms with Crippen LogP contribution in [0.15, 0.2) is 42.5 Å². The second-order valence-electron chi connectivity index (χ2n) is 5.12. The molecule has 0 amide bonds. The van der Waals surface area contributed by atoms with Crippen LogP contribution >= 0.6 is 0 Å². The largest absolute Gasteiger partial charge is 0.454 e. The van der Waals surface area contributed by atoms with Crippen molar-refractivity contribution < 1.29 is 23.0 Å². The minimum atomic E-state index is -1.16. The number of ether oxygens (including phenoxy) is 2. The maximum absolute atomic E-state index is 13.6. The summed E-state index contributed by atoms with van der Waals surface area (Å²) in [5, 5.41) is 0. The summed E-state index contributed by atoms with van der Waals surface area (Å²) < 4.78 is 37.2. The van der Waals surface area contributed by atoms with Crippen molar-refractivity contribution >= 4 is 5.97 Å². The molecule has 0 aliphatic carbocycles. The summed E-state index contributed by atoms with van der Waals surface area (Å²) in [5.74, 6) is 0.794. The van der Waals surface area contributed by atoms with Crippen molar-refractivity contribution in [3.05, 3.63) is 59.7 Å². The third kappa shape index (κ3) is 3.72. The molecule has 1 atom stereocenters. The minimum absolute atomic E-state index is 0.0946. The second kappa shape index (κ2) is 7.14. The van der Waals surface area contributed by atoms with Crippen LogP contribution in [0.5, 0.6) is 11.5 Å². The molecule has 0 aromatic heterocycles. The highest BCUT2D eigenvalue weighted by molar-refractivity contribution is 5.67. The summed E-state index contributed by atoms with van der Waals surface area (Å²) in [6, 6.07) is 9.48. The first-order valence-corrected chi connectivity index (χ1v) is 7.31. The molecule has 2 rings (SSSR count). The van der Waals surface area contributed by atoms with E-state index in [1.807, 2.05) is 0 Å². The molecule has 0 N–H and O–H groups in total. The zero-order chi connectivity index (χ0) is 17.7. The Labute approximate surface area is 139 Å². The molecule has 0 saturated carbocycles. The number of benzene rings is 2. The molecule has 0 radical (unpaired) electrons. The van der Waals surface area contributed by atoms with Crippen LogP contribution in [0, 0.1) is 24.0 Å². The number of halogens is 2. The van der Waals surface area contributed by atoms with E-state index in [-0.39, 0.29) is 5.75 Å². The van der Waals surface area contributed by atoms with Gasteiger partial charge in [0.25, 0.3) is 0 Å². The van der Waals surface area contributed by atoms with Crippen LogP contribution in [-0.4, -0.2) is 5.97 Å². The van der Waals surface area contributed by atoms with Crippen LogP contribution in [0.4, 0.5) is 8.78 Å².